The summed E-state index contributed by atoms with van der Waals surface area (Å²) >= 11 is 0. The molecule has 0 aliphatic carbocycles. The molecular formula is C16H18F3N5O. The lowest BCUT2D eigenvalue weighted by Gasteiger charge is -2.28. The van der Waals surface area contributed by atoms with Crippen molar-refractivity contribution in [3.8, 4) is 0 Å². The Bertz CT molecular complexity index is 744. The van der Waals surface area contributed by atoms with Crippen LogP contribution >= 0.6 is 0 Å². The van der Waals surface area contributed by atoms with Crippen LogP contribution in [0, 0.1) is 5.92 Å². The number of aromatic nitrogens is 3. The number of halogens is 3. The first-order valence-corrected chi connectivity index (χ1v) is 7.88. The highest BCUT2D eigenvalue weighted by Crippen LogP contribution is 2.30. The lowest BCUT2D eigenvalue weighted by Crippen LogP contribution is -2.37. The molecular weight excluding hydrogens is 335 g/mol. The van der Waals surface area contributed by atoms with Crippen molar-refractivity contribution in [3.05, 3.63) is 42.2 Å². The quantitative estimate of drug-likeness (QED) is 0.923. The van der Waals surface area contributed by atoms with Crippen LogP contribution < -0.4 is 5.32 Å². The molecule has 6 nitrogen and oxygen atoms in total. The summed E-state index contributed by atoms with van der Waals surface area (Å²) in [5.74, 6) is 0.531. The molecule has 3 heterocycles. The normalized spacial score (nSPS) is 17.0. The molecule has 3 rings (SSSR count). The minimum absolute atomic E-state index is 0.0796. The second kappa shape index (κ2) is 6.73. The third-order valence-electron chi connectivity index (χ3n) is 4.19. The van der Waals surface area contributed by atoms with Gasteiger partial charge in [-0.05, 0) is 24.5 Å². The molecule has 1 atom stereocenters. The van der Waals surface area contributed by atoms with Crippen molar-refractivity contribution in [2.24, 2.45) is 5.92 Å². The number of carbonyl (C=O) groups excluding carboxylic acids is 1. The van der Waals surface area contributed by atoms with Gasteiger partial charge in [0.15, 0.2) is 5.69 Å². The molecule has 0 fully saturated rings. The fourth-order valence-corrected chi connectivity index (χ4v) is 2.92. The number of anilines is 1. The van der Waals surface area contributed by atoms with E-state index in [1.165, 1.54) is 4.90 Å². The Hall–Kier alpha value is -2.58. The monoisotopic (exact) mass is 353 g/mol. The first kappa shape index (κ1) is 17.2. The minimum Gasteiger partial charge on any atom is -0.334 e. The van der Waals surface area contributed by atoms with Crippen LogP contribution in [0.25, 0.3) is 0 Å². The molecule has 0 aromatic carbocycles. The number of amides is 2. The number of rotatable bonds is 3. The van der Waals surface area contributed by atoms with E-state index in [0.717, 1.165) is 6.20 Å². The Morgan fingerprint density at radius 3 is 2.80 bits per heavy atom. The summed E-state index contributed by atoms with van der Waals surface area (Å²) in [6.45, 7) is 0.876. The van der Waals surface area contributed by atoms with Gasteiger partial charge in [-0.15, -0.1) is 0 Å². The molecule has 0 unspecified atom stereocenters. The Morgan fingerprint density at radius 1 is 1.40 bits per heavy atom. The number of nitrogens with one attached hydrogen (secondary N) is 1. The van der Waals surface area contributed by atoms with Crippen LogP contribution in [0.5, 0.6) is 0 Å². The van der Waals surface area contributed by atoms with E-state index in [9.17, 15) is 18.0 Å². The minimum atomic E-state index is -4.43. The van der Waals surface area contributed by atoms with Gasteiger partial charge in [-0.25, -0.2) is 9.78 Å². The van der Waals surface area contributed by atoms with Gasteiger partial charge in [0.2, 0.25) is 0 Å². The molecule has 1 aliphatic heterocycles. The van der Waals surface area contributed by atoms with Crippen molar-refractivity contribution in [2.45, 2.75) is 25.6 Å². The van der Waals surface area contributed by atoms with Gasteiger partial charge in [0, 0.05) is 50.8 Å². The van der Waals surface area contributed by atoms with Crippen molar-refractivity contribution >= 4 is 11.7 Å². The van der Waals surface area contributed by atoms with Crippen molar-refractivity contribution in [1.82, 2.24) is 19.4 Å². The Balaban J connectivity index is 1.59. The third-order valence-corrected chi connectivity index (χ3v) is 4.19. The Kier molecular flexibility index (Phi) is 4.65. The van der Waals surface area contributed by atoms with Gasteiger partial charge in [0.25, 0.3) is 0 Å². The first-order chi connectivity index (χ1) is 11.8. The van der Waals surface area contributed by atoms with Crippen LogP contribution in [-0.4, -0.2) is 39.1 Å². The number of aryl methyl sites for hydroxylation is 1. The predicted molar refractivity (Wildman–Crippen MR) is 84.9 cm³/mol. The zero-order valence-electron chi connectivity index (χ0n) is 13.6. The van der Waals surface area contributed by atoms with E-state index in [1.807, 2.05) is 0 Å². The van der Waals surface area contributed by atoms with Gasteiger partial charge >= 0.3 is 12.2 Å². The van der Waals surface area contributed by atoms with E-state index in [2.05, 4.69) is 15.3 Å². The predicted octanol–water partition coefficient (Wildman–Crippen LogP) is 3.02. The molecule has 0 radical (unpaired) electrons. The van der Waals surface area contributed by atoms with Gasteiger partial charge in [-0.1, -0.05) is 0 Å². The molecule has 2 aromatic rings. The summed E-state index contributed by atoms with van der Waals surface area (Å²) < 4.78 is 39.8. The van der Waals surface area contributed by atoms with Crippen LogP contribution in [0.2, 0.25) is 0 Å². The number of nitrogens with zero attached hydrogens (tertiary/aromatic N) is 4. The number of alkyl halides is 3. The van der Waals surface area contributed by atoms with Gasteiger partial charge in [0.1, 0.15) is 5.82 Å². The van der Waals surface area contributed by atoms with Crippen LogP contribution in [0.1, 0.15) is 17.9 Å². The molecule has 0 saturated carbocycles. The zero-order valence-corrected chi connectivity index (χ0v) is 13.6. The lowest BCUT2D eigenvalue weighted by atomic mass is 9.99. The average molecular weight is 353 g/mol. The second-order valence-electron chi connectivity index (χ2n) is 6.14. The topological polar surface area (TPSA) is 63.1 Å². The number of pyridine rings is 1. The number of hydrogen-bond donors (Lipinski definition) is 1. The molecule has 9 heteroatoms. The van der Waals surface area contributed by atoms with Crippen LogP contribution in [0.4, 0.5) is 23.7 Å². The summed E-state index contributed by atoms with van der Waals surface area (Å²) in [4.78, 5) is 21.3. The fourth-order valence-electron chi connectivity index (χ4n) is 2.92. The third kappa shape index (κ3) is 4.09. The number of imidazole rings is 1. The first-order valence-electron chi connectivity index (χ1n) is 7.88. The van der Waals surface area contributed by atoms with Crippen LogP contribution in [0.15, 0.2) is 30.7 Å². The van der Waals surface area contributed by atoms with Gasteiger partial charge in [0.05, 0.1) is 0 Å². The summed E-state index contributed by atoms with van der Waals surface area (Å²) in [5.41, 5.74) is -0.214. The second-order valence-corrected chi connectivity index (χ2v) is 6.14. The molecule has 0 saturated heterocycles. The van der Waals surface area contributed by atoms with E-state index in [4.69, 9.17) is 0 Å². The van der Waals surface area contributed by atoms with E-state index < -0.39 is 11.9 Å². The summed E-state index contributed by atoms with van der Waals surface area (Å²) in [6, 6.07) is 3.10. The molecule has 1 N–H and O–H groups in total. The number of carbonyl (C=O) groups is 1. The molecule has 134 valence electrons. The maximum atomic E-state index is 12.8. The lowest BCUT2D eigenvalue weighted by molar-refractivity contribution is -0.141. The highest BCUT2D eigenvalue weighted by atomic mass is 19.4. The van der Waals surface area contributed by atoms with Gasteiger partial charge in [-0.3, -0.25) is 4.98 Å². The van der Waals surface area contributed by atoms with Gasteiger partial charge < -0.3 is 14.8 Å². The maximum Gasteiger partial charge on any atom is 0.434 e. The molecule has 25 heavy (non-hydrogen) atoms. The van der Waals surface area contributed by atoms with Gasteiger partial charge in [-0.2, -0.15) is 13.2 Å². The molecule has 1 aliphatic rings. The van der Waals surface area contributed by atoms with Crippen molar-refractivity contribution in [3.63, 3.8) is 0 Å². The Labute approximate surface area is 142 Å². The Morgan fingerprint density at radius 2 is 2.12 bits per heavy atom. The fraction of sp³-hybridized carbons (Fsp3) is 0.438. The highest BCUT2D eigenvalue weighted by Gasteiger charge is 2.35. The molecule has 0 bridgehead atoms. The summed E-state index contributed by atoms with van der Waals surface area (Å²) in [6.07, 6.45) is 0.951. The molecule has 0 spiro atoms. The standard InChI is InChI=1S/C16H18F3N5O/c1-23(15(25)21-12-4-6-20-7-5-12)8-11-2-3-14-22-13(16(17,18)19)10-24(14)9-11/h4-7,10-11H,2-3,8-9H2,1H3,(H,20,21,25)/t11-/m1/s1. The largest absolute Gasteiger partial charge is 0.434 e. The number of fused-ring (bicyclic) bond motifs is 1. The summed E-state index contributed by atoms with van der Waals surface area (Å²) in [5, 5.41) is 2.75. The van der Waals surface area contributed by atoms with Crippen LogP contribution in [0.3, 0.4) is 0 Å². The van der Waals surface area contributed by atoms with Crippen molar-refractivity contribution in [1.29, 1.82) is 0 Å². The molecule has 2 amide bonds. The average Bonchev–Trinajstić information content (AvgIpc) is 2.99. The van der Waals surface area contributed by atoms with E-state index >= 15 is 0 Å². The maximum absolute atomic E-state index is 12.8. The smallest absolute Gasteiger partial charge is 0.334 e. The SMILES string of the molecule is CN(C[C@H]1CCc2nc(C(F)(F)F)cn2C1)C(=O)Nc1ccncc1. The number of hydrogen-bond acceptors (Lipinski definition) is 3. The van der Waals surface area contributed by atoms with Crippen molar-refractivity contribution < 1.29 is 18.0 Å². The van der Waals surface area contributed by atoms with Crippen LogP contribution in [-0.2, 0) is 19.1 Å². The summed E-state index contributed by atoms with van der Waals surface area (Å²) in [7, 11) is 1.67. The zero-order chi connectivity index (χ0) is 18.0. The van der Waals surface area contributed by atoms with E-state index in [1.54, 1.807) is 36.1 Å². The highest BCUT2D eigenvalue weighted by molar-refractivity contribution is 5.88. The van der Waals surface area contributed by atoms with E-state index in [-0.39, 0.29) is 11.9 Å². The van der Waals surface area contributed by atoms with Crippen molar-refractivity contribution in [2.75, 3.05) is 18.9 Å². The molecule has 2 aromatic heterocycles. The van der Waals surface area contributed by atoms with E-state index in [0.29, 0.717) is 37.4 Å². The number of urea groups is 1.